The molecular formula is C13H18N2O. The predicted octanol–water partition coefficient (Wildman–Crippen LogP) is 3.00. The first-order chi connectivity index (χ1) is 7.75. The Kier molecular flexibility index (Phi) is 2.97. The lowest BCUT2D eigenvalue weighted by Crippen LogP contribution is -2.26. The molecule has 0 aliphatic rings. The molecule has 0 spiro atoms. The third-order valence-electron chi connectivity index (χ3n) is 3.46. The van der Waals surface area contributed by atoms with Crippen LogP contribution >= 0.6 is 0 Å². The fourth-order valence-electron chi connectivity index (χ4n) is 2.26. The Morgan fingerprint density at radius 3 is 2.69 bits per heavy atom. The third-order valence-corrected chi connectivity index (χ3v) is 3.46. The molecule has 2 heterocycles. The molecule has 0 aliphatic heterocycles. The quantitative estimate of drug-likeness (QED) is 0.788. The first-order valence-corrected chi connectivity index (χ1v) is 5.74. The summed E-state index contributed by atoms with van der Waals surface area (Å²) < 4.78 is 7.72. The summed E-state index contributed by atoms with van der Waals surface area (Å²) in [6.07, 6.45) is 7.74. The van der Waals surface area contributed by atoms with Gasteiger partial charge in [-0.05, 0) is 30.5 Å². The van der Waals surface area contributed by atoms with E-state index in [1.54, 1.807) is 7.11 Å². The average molecular weight is 218 g/mol. The number of aromatic nitrogens is 2. The van der Waals surface area contributed by atoms with Gasteiger partial charge in [0, 0.05) is 25.7 Å². The van der Waals surface area contributed by atoms with Crippen molar-refractivity contribution in [1.82, 2.24) is 9.38 Å². The Labute approximate surface area is 96.1 Å². The van der Waals surface area contributed by atoms with E-state index in [0.717, 1.165) is 18.5 Å². The zero-order chi connectivity index (χ0) is 11.6. The molecule has 86 valence electrons. The zero-order valence-corrected chi connectivity index (χ0v) is 10.1. The van der Waals surface area contributed by atoms with Crippen molar-refractivity contribution < 1.29 is 4.74 Å². The van der Waals surface area contributed by atoms with Gasteiger partial charge in [-0.15, -0.1) is 0 Å². The van der Waals surface area contributed by atoms with Crippen molar-refractivity contribution in [3.63, 3.8) is 0 Å². The minimum atomic E-state index is -0.173. The van der Waals surface area contributed by atoms with Crippen LogP contribution in [0.4, 0.5) is 0 Å². The Bertz CT molecular complexity index is 463. The summed E-state index contributed by atoms with van der Waals surface area (Å²) >= 11 is 0. The lowest BCUT2D eigenvalue weighted by Gasteiger charge is -2.30. The molecule has 2 rings (SSSR count). The van der Waals surface area contributed by atoms with Crippen molar-refractivity contribution in [1.29, 1.82) is 0 Å². The number of hydrogen-bond donors (Lipinski definition) is 0. The van der Waals surface area contributed by atoms with E-state index >= 15 is 0 Å². The van der Waals surface area contributed by atoms with Crippen LogP contribution < -0.4 is 0 Å². The number of hydrogen-bond acceptors (Lipinski definition) is 2. The van der Waals surface area contributed by atoms with Crippen molar-refractivity contribution in [2.24, 2.45) is 0 Å². The molecule has 0 saturated heterocycles. The van der Waals surface area contributed by atoms with Crippen molar-refractivity contribution in [3.05, 3.63) is 36.3 Å². The van der Waals surface area contributed by atoms with Crippen LogP contribution in [-0.4, -0.2) is 16.5 Å². The molecular weight excluding hydrogens is 200 g/mol. The molecule has 0 bridgehead atoms. The average Bonchev–Trinajstić information content (AvgIpc) is 2.79. The Morgan fingerprint density at radius 1 is 1.31 bits per heavy atom. The third kappa shape index (κ3) is 1.61. The maximum atomic E-state index is 5.71. The molecule has 2 aromatic heterocycles. The zero-order valence-electron chi connectivity index (χ0n) is 10.1. The van der Waals surface area contributed by atoms with Crippen molar-refractivity contribution in [2.75, 3.05) is 7.11 Å². The highest BCUT2D eigenvalue weighted by Crippen LogP contribution is 2.32. The maximum Gasteiger partial charge on any atom is 0.137 e. The summed E-state index contributed by atoms with van der Waals surface area (Å²) in [5, 5.41) is 0. The van der Waals surface area contributed by atoms with Gasteiger partial charge in [0.1, 0.15) is 5.65 Å². The van der Waals surface area contributed by atoms with Crippen LogP contribution in [0.5, 0.6) is 0 Å². The van der Waals surface area contributed by atoms with E-state index in [-0.39, 0.29) is 5.60 Å². The van der Waals surface area contributed by atoms with Gasteiger partial charge in [-0.25, -0.2) is 4.98 Å². The van der Waals surface area contributed by atoms with Crippen molar-refractivity contribution in [3.8, 4) is 0 Å². The minimum absolute atomic E-state index is 0.173. The van der Waals surface area contributed by atoms with Gasteiger partial charge in [-0.3, -0.25) is 0 Å². The molecule has 3 nitrogen and oxygen atoms in total. The van der Waals surface area contributed by atoms with Crippen LogP contribution in [-0.2, 0) is 10.3 Å². The number of nitrogens with zero attached hydrogens (tertiary/aromatic N) is 2. The SMILES string of the molecule is CCC(CC)(OC)c1ccn2ccnc2c1. The van der Waals surface area contributed by atoms with Gasteiger partial charge < -0.3 is 9.14 Å². The first-order valence-electron chi connectivity index (χ1n) is 5.74. The second-order valence-electron chi connectivity index (χ2n) is 4.01. The highest BCUT2D eigenvalue weighted by atomic mass is 16.5. The van der Waals surface area contributed by atoms with Crippen LogP contribution in [0.15, 0.2) is 30.7 Å². The number of methoxy groups -OCH3 is 1. The fourth-order valence-corrected chi connectivity index (χ4v) is 2.26. The monoisotopic (exact) mass is 218 g/mol. The molecule has 0 N–H and O–H groups in total. The van der Waals surface area contributed by atoms with E-state index in [4.69, 9.17) is 4.74 Å². The molecule has 0 aliphatic carbocycles. The first kappa shape index (κ1) is 11.1. The van der Waals surface area contributed by atoms with Gasteiger partial charge in [0.05, 0.1) is 5.60 Å². The van der Waals surface area contributed by atoms with E-state index in [1.807, 2.05) is 23.0 Å². The summed E-state index contributed by atoms with van der Waals surface area (Å²) in [5.74, 6) is 0. The summed E-state index contributed by atoms with van der Waals surface area (Å²) in [4.78, 5) is 4.30. The number of pyridine rings is 1. The second-order valence-corrected chi connectivity index (χ2v) is 4.01. The molecule has 3 heteroatoms. The Morgan fingerprint density at radius 2 is 2.06 bits per heavy atom. The van der Waals surface area contributed by atoms with Crippen LogP contribution in [0, 0.1) is 0 Å². The lowest BCUT2D eigenvalue weighted by atomic mass is 9.89. The highest BCUT2D eigenvalue weighted by molar-refractivity contribution is 5.43. The van der Waals surface area contributed by atoms with Crippen LogP contribution in [0.2, 0.25) is 0 Å². The molecule has 16 heavy (non-hydrogen) atoms. The molecule has 0 fully saturated rings. The van der Waals surface area contributed by atoms with E-state index in [0.29, 0.717) is 0 Å². The Balaban J connectivity index is 2.51. The maximum absolute atomic E-state index is 5.71. The molecule has 0 saturated carbocycles. The number of rotatable bonds is 4. The van der Waals surface area contributed by atoms with Gasteiger partial charge in [-0.2, -0.15) is 0 Å². The highest BCUT2D eigenvalue weighted by Gasteiger charge is 2.28. The largest absolute Gasteiger partial charge is 0.374 e. The molecule has 0 atom stereocenters. The second kappa shape index (κ2) is 4.26. The predicted molar refractivity (Wildman–Crippen MR) is 64.5 cm³/mol. The van der Waals surface area contributed by atoms with Crippen molar-refractivity contribution >= 4 is 5.65 Å². The summed E-state index contributed by atoms with van der Waals surface area (Å²) in [6.45, 7) is 4.31. The van der Waals surface area contributed by atoms with Gasteiger partial charge in [0.25, 0.3) is 0 Å². The molecule has 0 aromatic carbocycles. The minimum Gasteiger partial charge on any atom is -0.374 e. The molecule has 2 aromatic rings. The smallest absolute Gasteiger partial charge is 0.137 e. The molecule has 0 radical (unpaired) electrons. The van der Waals surface area contributed by atoms with Gasteiger partial charge >= 0.3 is 0 Å². The number of imidazole rings is 1. The standard InChI is InChI=1S/C13H18N2O/c1-4-13(5-2,16-3)11-6-8-15-9-7-14-12(15)10-11/h6-10H,4-5H2,1-3H3. The summed E-state index contributed by atoms with van der Waals surface area (Å²) in [5.41, 5.74) is 2.01. The van der Waals surface area contributed by atoms with Gasteiger partial charge in [0.2, 0.25) is 0 Å². The summed E-state index contributed by atoms with van der Waals surface area (Å²) in [7, 11) is 1.78. The Hall–Kier alpha value is -1.35. The van der Waals surface area contributed by atoms with E-state index in [1.165, 1.54) is 5.56 Å². The normalized spacial score (nSPS) is 12.2. The molecule has 0 unspecified atom stereocenters. The number of fused-ring (bicyclic) bond motifs is 1. The van der Waals surface area contributed by atoms with Crippen LogP contribution in [0.1, 0.15) is 32.3 Å². The van der Waals surface area contributed by atoms with E-state index in [9.17, 15) is 0 Å². The van der Waals surface area contributed by atoms with Crippen LogP contribution in [0.3, 0.4) is 0 Å². The van der Waals surface area contributed by atoms with Gasteiger partial charge in [-0.1, -0.05) is 13.8 Å². The number of ether oxygens (including phenoxy) is 1. The molecule has 0 amide bonds. The van der Waals surface area contributed by atoms with Gasteiger partial charge in [0.15, 0.2) is 0 Å². The van der Waals surface area contributed by atoms with E-state index in [2.05, 4.69) is 31.0 Å². The van der Waals surface area contributed by atoms with Crippen LogP contribution in [0.25, 0.3) is 5.65 Å². The van der Waals surface area contributed by atoms with Crippen molar-refractivity contribution in [2.45, 2.75) is 32.3 Å². The topological polar surface area (TPSA) is 26.5 Å². The summed E-state index contributed by atoms with van der Waals surface area (Å²) in [6, 6.07) is 4.22. The fraction of sp³-hybridized carbons (Fsp3) is 0.462. The lowest BCUT2D eigenvalue weighted by molar-refractivity contribution is -0.0217. The van der Waals surface area contributed by atoms with E-state index < -0.39 is 0 Å².